The van der Waals surface area contributed by atoms with Crippen molar-refractivity contribution in [2.24, 2.45) is 0 Å². The maximum Gasteiger partial charge on any atom is 0.258 e. The molecule has 4 aromatic rings. The van der Waals surface area contributed by atoms with Gasteiger partial charge in [-0.25, -0.2) is 14.1 Å². The average Bonchev–Trinajstić information content (AvgIpc) is 3.00. The van der Waals surface area contributed by atoms with Gasteiger partial charge in [0.25, 0.3) is 5.91 Å². The van der Waals surface area contributed by atoms with Crippen LogP contribution in [0, 0.1) is 19.7 Å². The van der Waals surface area contributed by atoms with Crippen LogP contribution >= 0.6 is 11.6 Å². The third-order valence-corrected chi connectivity index (χ3v) is 4.79. The molecule has 4 rings (SSSR count). The van der Waals surface area contributed by atoms with E-state index in [4.69, 9.17) is 11.6 Å². The summed E-state index contributed by atoms with van der Waals surface area (Å²) in [6, 6.07) is 13.4. The maximum atomic E-state index is 13.2. The van der Waals surface area contributed by atoms with Crippen LogP contribution in [-0.2, 0) is 0 Å². The van der Waals surface area contributed by atoms with Gasteiger partial charge < -0.3 is 5.32 Å². The average molecular weight is 395 g/mol. The summed E-state index contributed by atoms with van der Waals surface area (Å²) in [7, 11) is 0. The molecule has 0 saturated carbocycles. The van der Waals surface area contributed by atoms with Crippen molar-refractivity contribution in [3.05, 3.63) is 82.4 Å². The number of pyridine rings is 1. The van der Waals surface area contributed by atoms with E-state index in [1.807, 2.05) is 31.2 Å². The normalized spacial score (nSPS) is 11.0. The lowest BCUT2D eigenvalue weighted by Gasteiger charge is -2.08. The van der Waals surface area contributed by atoms with Gasteiger partial charge in [-0.15, -0.1) is 0 Å². The van der Waals surface area contributed by atoms with Gasteiger partial charge in [0.1, 0.15) is 5.82 Å². The van der Waals surface area contributed by atoms with Gasteiger partial charge in [0.2, 0.25) is 0 Å². The zero-order valence-electron chi connectivity index (χ0n) is 15.2. The molecule has 0 fully saturated rings. The van der Waals surface area contributed by atoms with E-state index in [0.717, 1.165) is 5.56 Å². The molecule has 2 aromatic heterocycles. The van der Waals surface area contributed by atoms with Gasteiger partial charge in [-0.1, -0.05) is 23.7 Å². The molecule has 0 aliphatic heterocycles. The van der Waals surface area contributed by atoms with Crippen molar-refractivity contribution in [3.8, 4) is 5.69 Å². The summed E-state index contributed by atoms with van der Waals surface area (Å²) in [5.74, 6) is -0.683. The van der Waals surface area contributed by atoms with Gasteiger partial charge in [0.15, 0.2) is 5.65 Å². The smallest absolute Gasteiger partial charge is 0.258 e. The second-order valence-corrected chi connectivity index (χ2v) is 6.86. The van der Waals surface area contributed by atoms with Gasteiger partial charge >= 0.3 is 0 Å². The second-order valence-electron chi connectivity index (χ2n) is 6.48. The molecule has 2 heterocycles. The Labute approximate surface area is 165 Å². The van der Waals surface area contributed by atoms with Gasteiger partial charge in [-0.05, 0) is 55.8 Å². The SMILES string of the molecule is Cc1cccc(NC(=O)c2cnc3c(c(C)nn3-c3ccc(F)cc3)c2Cl)c1. The van der Waals surface area contributed by atoms with Crippen molar-refractivity contribution in [3.63, 3.8) is 0 Å². The molecule has 28 heavy (non-hydrogen) atoms. The number of hydrogen-bond acceptors (Lipinski definition) is 3. The summed E-state index contributed by atoms with van der Waals surface area (Å²) in [6.07, 6.45) is 1.43. The fourth-order valence-corrected chi connectivity index (χ4v) is 3.41. The van der Waals surface area contributed by atoms with Gasteiger partial charge in [0.05, 0.1) is 27.4 Å². The molecular formula is C21H16ClFN4O. The highest BCUT2D eigenvalue weighted by atomic mass is 35.5. The number of anilines is 1. The van der Waals surface area contributed by atoms with Crippen LogP contribution in [0.15, 0.2) is 54.7 Å². The standard InChI is InChI=1S/C21H16ClFN4O/c1-12-4-3-5-15(10-12)25-21(28)17-11-24-20-18(19(17)22)13(2)26-27(20)16-8-6-14(23)7-9-16/h3-11H,1-2H3,(H,25,28). The lowest BCUT2D eigenvalue weighted by molar-refractivity contribution is 0.102. The number of aryl methyl sites for hydroxylation is 2. The molecule has 0 unspecified atom stereocenters. The molecule has 0 saturated heterocycles. The number of hydrogen-bond donors (Lipinski definition) is 1. The van der Waals surface area contributed by atoms with Crippen LogP contribution in [0.25, 0.3) is 16.7 Å². The minimum absolute atomic E-state index is 0.262. The van der Waals surface area contributed by atoms with E-state index in [2.05, 4.69) is 15.4 Å². The first kappa shape index (κ1) is 18.1. The van der Waals surface area contributed by atoms with E-state index in [0.29, 0.717) is 28.1 Å². The highest BCUT2D eigenvalue weighted by Gasteiger charge is 2.20. The number of amides is 1. The van der Waals surface area contributed by atoms with E-state index < -0.39 is 0 Å². The first-order valence-electron chi connectivity index (χ1n) is 8.62. The van der Waals surface area contributed by atoms with Gasteiger partial charge in [0, 0.05) is 11.9 Å². The molecule has 0 aliphatic rings. The number of nitrogens with zero attached hydrogens (tertiary/aromatic N) is 3. The molecule has 0 radical (unpaired) electrons. The molecule has 5 nitrogen and oxygen atoms in total. The summed E-state index contributed by atoms with van der Waals surface area (Å²) in [4.78, 5) is 17.1. The topological polar surface area (TPSA) is 59.8 Å². The van der Waals surface area contributed by atoms with E-state index >= 15 is 0 Å². The minimum Gasteiger partial charge on any atom is -0.322 e. The molecule has 140 valence electrons. The van der Waals surface area contributed by atoms with Crippen molar-refractivity contribution < 1.29 is 9.18 Å². The zero-order valence-corrected chi connectivity index (χ0v) is 16.0. The largest absolute Gasteiger partial charge is 0.322 e. The lowest BCUT2D eigenvalue weighted by atomic mass is 10.1. The van der Waals surface area contributed by atoms with Gasteiger partial charge in [-0.3, -0.25) is 4.79 Å². The van der Waals surface area contributed by atoms with E-state index in [-0.39, 0.29) is 22.3 Å². The minimum atomic E-state index is -0.348. The van der Waals surface area contributed by atoms with Crippen LogP contribution in [0.2, 0.25) is 5.02 Å². The maximum absolute atomic E-state index is 13.2. The first-order valence-corrected chi connectivity index (χ1v) is 8.99. The van der Waals surface area contributed by atoms with Crippen LogP contribution in [0.1, 0.15) is 21.6 Å². The number of carbonyl (C=O) groups excluding carboxylic acids is 1. The Morgan fingerprint density at radius 1 is 1.14 bits per heavy atom. The monoisotopic (exact) mass is 394 g/mol. The fraction of sp³-hybridized carbons (Fsp3) is 0.0952. The summed E-state index contributed by atoms with van der Waals surface area (Å²) in [5.41, 5.74) is 3.76. The number of aromatic nitrogens is 3. The highest BCUT2D eigenvalue weighted by molar-refractivity contribution is 6.39. The molecule has 0 atom stereocenters. The Hall–Kier alpha value is -3.25. The number of benzene rings is 2. The van der Waals surface area contributed by atoms with Crippen molar-refractivity contribution in [2.45, 2.75) is 13.8 Å². The van der Waals surface area contributed by atoms with E-state index in [9.17, 15) is 9.18 Å². The molecule has 0 aliphatic carbocycles. The van der Waals surface area contributed by atoms with Crippen LogP contribution in [0.3, 0.4) is 0 Å². The molecule has 2 aromatic carbocycles. The molecule has 1 N–H and O–H groups in total. The fourth-order valence-electron chi connectivity index (χ4n) is 3.05. The van der Waals surface area contributed by atoms with E-state index in [1.165, 1.54) is 18.3 Å². The van der Waals surface area contributed by atoms with Crippen molar-refractivity contribution in [2.75, 3.05) is 5.32 Å². The van der Waals surface area contributed by atoms with E-state index in [1.54, 1.807) is 23.7 Å². The molecule has 7 heteroatoms. The van der Waals surface area contributed by atoms with Gasteiger partial charge in [-0.2, -0.15) is 5.10 Å². The number of halogens is 2. The molecule has 1 amide bonds. The Morgan fingerprint density at radius 2 is 1.89 bits per heavy atom. The third-order valence-electron chi connectivity index (χ3n) is 4.40. The van der Waals surface area contributed by atoms with Crippen LogP contribution in [0.4, 0.5) is 10.1 Å². The van der Waals surface area contributed by atoms with Crippen molar-refractivity contribution in [1.29, 1.82) is 0 Å². The zero-order chi connectivity index (χ0) is 19.8. The van der Waals surface area contributed by atoms with Crippen molar-refractivity contribution in [1.82, 2.24) is 14.8 Å². The summed E-state index contributed by atoms with van der Waals surface area (Å²) in [6.45, 7) is 3.74. The highest BCUT2D eigenvalue weighted by Crippen LogP contribution is 2.30. The van der Waals surface area contributed by atoms with Crippen LogP contribution < -0.4 is 5.32 Å². The summed E-state index contributed by atoms with van der Waals surface area (Å²) in [5, 5.41) is 8.16. The Morgan fingerprint density at radius 3 is 2.61 bits per heavy atom. The summed E-state index contributed by atoms with van der Waals surface area (Å²) < 4.78 is 14.8. The number of rotatable bonds is 3. The number of fused-ring (bicyclic) bond motifs is 1. The summed E-state index contributed by atoms with van der Waals surface area (Å²) >= 11 is 6.55. The van der Waals surface area contributed by atoms with Crippen molar-refractivity contribution >= 4 is 34.2 Å². The Kier molecular flexibility index (Phi) is 4.57. The van der Waals surface area contributed by atoms with Crippen LogP contribution in [0.5, 0.6) is 0 Å². The lowest BCUT2D eigenvalue weighted by Crippen LogP contribution is -2.13. The molecule has 0 bridgehead atoms. The quantitative estimate of drug-likeness (QED) is 0.527. The second kappa shape index (κ2) is 7.05. The predicted octanol–water partition coefficient (Wildman–Crippen LogP) is 5.08. The Bertz CT molecular complexity index is 1200. The number of carbonyl (C=O) groups is 1. The number of nitrogens with one attached hydrogen (secondary N) is 1. The first-order chi connectivity index (χ1) is 13.4. The third kappa shape index (κ3) is 3.23. The van der Waals surface area contributed by atoms with Crippen LogP contribution in [-0.4, -0.2) is 20.7 Å². The molecule has 0 spiro atoms. The Balaban J connectivity index is 1.76. The molecular weight excluding hydrogens is 379 g/mol. The predicted molar refractivity (Wildman–Crippen MR) is 108 cm³/mol.